The minimum absolute atomic E-state index is 0.119. The fourth-order valence-corrected chi connectivity index (χ4v) is 2.67. The van der Waals surface area contributed by atoms with Gasteiger partial charge in [-0.05, 0) is 43.9 Å². The highest BCUT2D eigenvalue weighted by atomic mass is 19.1. The molecule has 1 aromatic rings. The topological polar surface area (TPSA) is 75.6 Å². The summed E-state index contributed by atoms with van der Waals surface area (Å²) < 4.78 is 18.4. The number of methoxy groups -OCH3 is 1. The lowest BCUT2D eigenvalue weighted by Gasteiger charge is -2.40. The Kier molecular flexibility index (Phi) is 4.51. The number of nitrogens with one attached hydrogen (secondary N) is 1. The van der Waals surface area contributed by atoms with Gasteiger partial charge in [-0.15, -0.1) is 0 Å². The van der Waals surface area contributed by atoms with Gasteiger partial charge in [-0.25, -0.2) is 9.18 Å². The minimum Gasteiger partial charge on any atom is -0.479 e. The Labute approximate surface area is 128 Å². The van der Waals surface area contributed by atoms with Crippen LogP contribution in [0.2, 0.25) is 0 Å². The molecule has 0 saturated heterocycles. The number of hydrogen-bond acceptors (Lipinski definition) is 3. The van der Waals surface area contributed by atoms with Crippen molar-refractivity contribution in [3.05, 3.63) is 35.6 Å². The highest BCUT2D eigenvalue weighted by Gasteiger charge is 2.42. The number of amides is 1. The van der Waals surface area contributed by atoms with Gasteiger partial charge in [0.2, 0.25) is 5.91 Å². The Morgan fingerprint density at radius 1 is 1.36 bits per heavy atom. The fourth-order valence-electron chi connectivity index (χ4n) is 2.67. The Balaban J connectivity index is 2.16. The number of halogens is 1. The van der Waals surface area contributed by atoms with E-state index >= 15 is 0 Å². The number of carboxylic acids is 1. The standard InChI is InChI=1S/C16H20FNO4/c1-15(14(20)21,11-4-6-12(17)7-5-11)18-13(19)10-16(22-2)8-3-9-16/h4-7H,3,8-10H2,1-2H3,(H,18,19)(H,20,21). The van der Waals surface area contributed by atoms with Crippen molar-refractivity contribution in [1.82, 2.24) is 5.32 Å². The molecule has 120 valence electrons. The summed E-state index contributed by atoms with van der Waals surface area (Å²) in [6.07, 6.45) is 2.69. The molecule has 1 fully saturated rings. The third-order valence-electron chi connectivity index (χ3n) is 4.42. The van der Waals surface area contributed by atoms with Crippen LogP contribution in [0.1, 0.15) is 38.2 Å². The summed E-state index contributed by atoms with van der Waals surface area (Å²) in [6, 6.07) is 5.06. The van der Waals surface area contributed by atoms with Crippen molar-refractivity contribution in [2.75, 3.05) is 7.11 Å². The predicted octanol–water partition coefficient (Wildman–Crippen LogP) is 2.20. The Morgan fingerprint density at radius 3 is 2.36 bits per heavy atom. The number of rotatable bonds is 6. The van der Waals surface area contributed by atoms with E-state index in [4.69, 9.17) is 4.74 Å². The minimum atomic E-state index is -1.61. The van der Waals surface area contributed by atoms with Crippen molar-refractivity contribution < 1.29 is 23.8 Å². The van der Waals surface area contributed by atoms with Gasteiger partial charge in [0, 0.05) is 7.11 Å². The molecule has 1 saturated carbocycles. The highest BCUT2D eigenvalue weighted by molar-refractivity contribution is 5.88. The molecule has 2 rings (SSSR count). The molecule has 0 aliphatic heterocycles. The smallest absolute Gasteiger partial charge is 0.333 e. The Hall–Kier alpha value is -1.95. The van der Waals surface area contributed by atoms with Gasteiger partial charge in [0.15, 0.2) is 5.54 Å². The van der Waals surface area contributed by atoms with Crippen LogP contribution in [-0.4, -0.2) is 29.7 Å². The van der Waals surface area contributed by atoms with Crippen LogP contribution < -0.4 is 5.32 Å². The summed E-state index contributed by atoms with van der Waals surface area (Å²) in [5.74, 6) is -2.06. The van der Waals surface area contributed by atoms with Crippen molar-refractivity contribution in [1.29, 1.82) is 0 Å². The van der Waals surface area contributed by atoms with Gasteiger partial charge in [0.1, 0.15) is 5.82 Å². The van der Waals surface area contributed by atoms with E-state index in [0.29, 0.717) is 5.56 Å². The van der Waals surface area contributed by atoms with E-state index in [9.17, 15) is 19.1 Å². The van der Waals surface area contributed by atoms with E-state index in [1.54, 1.807) is 7.11 Å². The van der Waals surface area contributed by atoms with Crippen LogP contribution in [-0.2, 0) is 19.9 Å². The molecule has 0 bridgehead atoms. The number of aliphatic carboxylic acids is 1. The normalized spacial score (nSPS) is 18.9. The van der Waals surface area contributed by atoms with Crippen LogP contribution in [0.4, 0.5) is 4.39 Å². The van der Waals surface area contributed by atoms with Crippen LogP contribution in [0.3, 0.4) is 0 Å². The van der Waals surface area contributed by atoms with Gasteiger partial charge in [-0.3, -0.25) is 4.79 Å². The van der Waals surface area contributed by atoms with Crippen LogP contribution in [0.15, 0.2) is 24.3 Å². The highest BCUT2D eigenvalue weighted by Crippen LogP contribution is 2.38. The summed E-state index contributed by atoms with van der Waals surface area (Å²) in [5, 5.41) is 12.0. The Morgan fingerprint density at radius 2 is 1.95 bits per heavy atom. The number of ether oxygens (including phenoxy) is 1. The van der Waals surface area contributed by atoms with Crippen molar-refractivity contribution >= 4 is 11.9 Å². The molecule has 2 N–H and O–H groups in total. The number of carbonyl (C=O) groups excluding carboxylic acids is 1. The molecule has 1 atom stereocenters. The average molecular weight is 309 g/mol. The molecule has 1 aromatic carbocycles. The molecular weight excluding hydrogens is 289 g/mol. The number of carboxylic acid groups (broad SMARTS) is 1. The average Bonchev–Trinajstić information content (AvgIpc) is 2.43. The zero-order valence-electron chi connectivity index (χ0n) is 12.7. The number of hydrogen-bond donors (Lipinski definition) is 2. The molecule has 0 aromatic heterocycles. The molecule has 22 heavy (non-hydrogen) atoms. The van der Waals surface area contributed by atoms with Crippen LogP contribution in [0, 0.1) is 5.82 Å². The molecule has 0 spiro atoms. The van der Waals surface area contributed by atoms with E-state index in [0.717, 1.165) is 19.3 Å². The maximum atomic E-state index is 13.0. The maximum absolute atomic E-state index is 13.0. The largest absolute Gasteiger partial charge is 0.479 e. The van der Waals surface area contributed by atoms with E-state index in [-0.39, 0.29) is 6.42 Å². The third kappa shape index (κ3) is 3.11. The SMILES string of the molecule is COC1(CC(=O)NC(C)(C(=O)O)c2ccc(F)cc2)CCC1. The second-order valence-corrected chi connectivity index (χ2v) is 5.90. The summed E-state index contributed by atoms with van der Waals surface area (Å²) in [6.45, 7) is 1.39. The van der Waals surface area contributed by atoms with Crippen LogP contribution >= 0.6 is 0 Å². The maximum Gasteiger partial charge on any atom is 0.333 e. The second kappa shape index (κ2) is 6.04. The molecule has 0 heterocycles. The first-order chi connectivity index (χ1) is 10.3. The number of benzene rings is 1. The van der Waals surface area contributed by atoms with Crippen molar-refractivity contribution in [3.8, 4) is 0 Å². The van der Waals surface area contributed by atoms with Crippen LogP contribution in [0.25, 0.3) is 0 Å². The third-order valence-corrected chi connectivity index (χ3v) is 4.42. The van der Waals surface area contributed by atoms with Gasteiger partial charge in [0.05, 0.1) is 12.0 Å². The Bertz CT molecular complexity index is 563. The van der Waals surface area contributed by atoms with Gasteiger partial charge < -0.3 is 15.2 Å². The van der Waals surface area contributed by atoms with Gasteiger partial charge in [0.25, 0.3) is 0 Å². The zero-order valence-corrected chi connectivity index (χ0v) is 12.7. The number of carbonyl (C=O) groups is 2. The van der Waals surface area contributed by atoms with E-state index in [2.05, 4.69) is 5.32 Å². The predicted molar refractivity (Wildman–Crippen MR) is 77.7 cm³/mol. The summed E-state index contributed by atoms with van der Waals surface area (Å²) in [5.41, 5.74) is -1.77. The lowest BCUT2D eigenvalue weighted by atomic mass is 9.77. The van der Waals surface area contributed by atoms with Crippen molar-refractivity contribution in [2.45, 2.75) is 43.7 Å². The van der Waals surface area contributed by atoms with Crippen molar-refractivity contribution in [2.24, 2.45) is 0 Å². The molecule has 1 unspecified atom stereocenters. The molecular formula is C16H20FNO4. The molecule has 0 radical (unpaired) electrons. The van der Waals surface area contributed by atoms with Gasteiger partial charge >= 0.3 is 5.97 Å². The second-order valence-electron chi connectivity index (χ2n) is 5.90. The molecule has 1 amide bonds. The molecule has 5 nitrogen and oxygen atoms in total. The monoisotopic (exact) mass is 309 g/mol. The van der Waals surface area contributed by atoms with Gasteiger partial charge in [-0.2, -0.15) is 0 Å². The molecule has 6 heteroatoms. The summed E-state index contributed by atoms with van der Waals surface area (Å²) >= 11 is 0. The fraction of sp³-hybridized carbons (Fsp3) is 0.500. The zero-order chi connectivity index (χ0) is 16.4. The summed E-state index contributed by atoms with van der Waals surface area (Å²) in [4.78, 5) is 23.9. The quantitative estimate of drug-likeness (QED) is 0.844. The van der Waals surface area contributed by atoms with E-state index in [1.807, 2.05) is 0 Å². The molecule has 1 aliphatic carbocycles. The van der Waals surface area contributed by atoms with Crippen molar-refractivity contribution in [3.63, 3.8) is 0 Å². The van der Waals surface area contributed by atoms with Crippen LogP contribution in [0.5, 0.6) is 0 Å². The first-order valence-corrected chi connectivity index (χ1v) is 7.17. The van der Waals surface area contributed by atoms with E-state index in [1.165, 1.54) is 31.2 Å². The lowest BCUT2D eigenvalue weighted by Crippen LogP contribution is -2.52. The lowest BCUT2D eigenvalue weighted by molar-refractivity contribution is -0.150. The summed E-state index contributed by atoms with van der Waals surface area (Å²) in [7, 11) is 1.56. The first-order valence-electron chi connectivity index (χ1n) is 7.17. The van der Waals surface area contributed by atoms with E-state index < -0.39 is 28.8 Å². The first kappa shape index (κ1) is 16.4. The van der Waals surface area contributed by atoms with Gasteiger partial charge in [-0.1, -0.05) is 12.1 Å². The molecule has 1 aliphatic rings.